The maximum absolute atomic E-state index is 10.9. The molecule has 2 N–H and O–H groups in total. The Labute approximate surface area is 133 Å². The van der Waals surface area contributed by atoms with E-state index in [0.29, 0.717) is 5.69 Å². The van der Waals surface area contributed by atoms with E-state index >= 15 is 0 Å². The van der Waals surface area contributed by atoms with Gasteiger partial charge in [0.2, 0.25) is 0 Å². The van der Waals surface area contributed by atoms with Gasteiger partial charge in [-0.15, -0.1) is 0 Å². The zero-order valence-electron chi connectivity index (χ0n) is 12.3. The Balaban J connectivity index is 1.98. The van der Waals surface area contributed by atoms with Crippen molar-refractivity contribution in [2.24, 2.45) is 0 Å². The fourth-order valence-electron chi connectivity index (χ4n) is 2.49. The minimum absolute atomic E-state index is 0.0569. The predicted molar refractivity (Wildman–Crippen MR) is 90.0 cm³/mol. The Hall–Kier alpha value is -3.21. The van der Waals surface area contributed by atoms with Crippen LogP contribution in [0.2, 0.25) is 0 Å². The summed E-state index contributed by atoms with van der Waals surface area (Å²) in [5, 5.41) is 10.9. The number of aromatic nitrogens is 1. The molecule has 23 heavy (non-hydrogen) atoms. The summed E-state index contributed by atoms with van der Waals surface area (Å²) in [7, 11) is 0. The number of hydrogen-bond acceptors (Lipinski definition) is 4. The predicted octanol–water partition coefficient (Wildman–Crippen LogP) is 3.83. The van der Waals surface area contributed by atoms with Crippen molar-refractivity contribution in [1.29, 1.82) is 0 Å². The third-order valence-electron chi connectivity index (χ3n) is 3.64. The van der Waals surface area contributed by atoms with Gasteiger partial charge in [-0.25, -0.2) is 0 Å². The minimum atomic E-state index is -0.402. The highest BCUT2D eigenvalue weighted by Crippen LogP contribution is 2.30. The molecule has 0 aliphatic rings. The molecule has 114 valence electrons. The molecule has 5 heteroatoms. The molecule has 0 unspecified atom stereocenters. The summed E-state index contributed by atoms with van der Waals surface area (Å²) in [4.78, 5) is 14.6. The van der Waals surface area contributed by atoms with Gasteiger partial charge >= 0.3 is 0 Å². The van der Waals surface area contributed by atoms with Crippen molar-refractivity contribution < 1.29 is 4.92 Å². The van der Waals surface area contributed by atoms with Gasteiger partial charge in [-0.05, 0) is 47.4 Å². The summed E-state index contributed by atoms with van der Waals surface area (Å²) >= 11 is 0. The zero-order valence-corrected chi connectivity index (χ0v) is 12.3. The highest BCUT2D eigenvalue weighted by atomic mass is 16.6. The van der Waals surface area contributed by atoms with Crippen LogP contribution in [-0.2, 0) is 6.42 Å². The monoisotopic (exact) mass is 305 g/mol. The van der Waals surface area contributed by atoms with Gasteiger partial charge in [-0.1, -0.05) is 18.2 Å². The number of nitrogens with two attached hydrogens (primary N) is 1. The van der Waals surface area contributed by atoms with Crippen LogP contribution in [0.4, 0.5) is 11.4 Å². The van der Waals surface area contributed by atoms with Gasteiger partial charge in [0.1, 0.15) is 0 Å². The van der Waals surface area contributed by atoms with Crippen LogP contribution in [0.25, 0.3) is 11.1 Å². The Morgan fingerprint density at radius 3 is 2.52 bits per heavy atom. The van der Waals surface area contributed by atoms with E-state index in [4.69, 9.17) is 5.73 Å². The molecule has 3 rings (SSSR count). The van der Waals surface area contributed by atoms with Crippen LogP contribution in [-0.4, -0.2) is 9.91 Å². The molecule has 3 aromatic rings. The quantitative estimate of drug-likeness (QED) is 0.451. The van der Waals surface area contributed by atoms with Gasteiger partial charge in [-0.3, -0.25) is 15.1 Å². The molecular weight excluding hydrogens is 290 g/mol. The van der Waals surface area contributed by atoms with Gasteiger partial charge < -0.3 is 5.73 Å². The van der Waals surface area contributed by atoms with Crippen molar-refractivity contribution in [3.63, 3.8) is 0 Å². The van der Waals surface area contributed by atoms with E-state index in [2.05, 4.69) is 4.98 Å². The van der Waals surface area contributed by atoms with Crippen molar-refractivity contribution >= 4 is 11.4 Å². The van der Waals surface area contributed by atoms with Crippen LogP contribution in [0.15, 0.2) is 67.0 Å². The molecule has 0 fully saturated rings. The molecule has 0 spiro atoms. The topological polar surface area (TPSA) is 82.0 Å². The molecule has 0 atom stereocenters. The van der Waals surface area contributed by atoms with Crippen molar-refractivity contribution in [2.45, 2.75) is 6.42 Å². The first kappa shape index (κ1) is 14.7. The number of nitrogens with zero attached hydrogens (tertiary/aromatic N) is 2. The molecule has 0 bridgehead atoms. The lowest BCUT2D eigenvalue weighted by molar-refractivity contribution is -0.384. The summed E-state index contributed by atoms with van der Waals surface area (Å²) < 4.78 is 0. The second-order valence-corrected chi connectivity index (χ2v) is 5.26. The molecule has 0 aliphatic carbocycles. The molecular formula is C18H15N3O2. The Kier molecular flexibility index (Phi) is 4.01. The first-order valence-electron chi connectivity index (χ1n) is 7.15. The number of pyridine rings is 1. The fraction of sp³-hybridized carbons (Fsp3) is 0.0556. The van der Waals surface area contributed by atoms with E-state index in [1.54, 1.807) is 24.5 Å². The van der Waals surface area contributed by atoms with Crippen LogP contribution in [0.1, 0.15) is 11.1 Å². The van der Waals surface area contributed by atoms with Crippen molar-refractivity contribution in [3.8, 4) is 11.1 Å². The molecule has 0 radical (unpaired) electrons. The van der Waals surface area contributed by atoms with Crippen LogP contribution in [0.5, 0.6) is 0 Å². The summed E-state index contributed by atoms with van der Waals surface area (Å²) in [5.74, 6) is 0. The van der Waals surface area contributed by atoms with E-state index in [1.807, 2.05) is 36.4 Å². The molecule has 2 aromatic carbocycles. The number of hydrogen-bond donors (Lipinski definition) is 1. The summed E-state index contributed by atoms with van der Waals surface area (Å²) in [6, 6.07) is 16.2. The highest BCUT2D eigenvalue weighted by Gasteiger charge is 2.10. The Bertz CT molecular complexity index is 848. The third kappa shape index (κ3) is 3.35. The highest BCUT2D eigenvalue weighted by molar-refractivity contribution is 5.78. The van der Waals surface area contributed by atoms with E-state index < -0.39 is 4.92 Å². The van der Waals surface area contributed by atoms with Crippen LogP contribution in [0.3, 0.4) is 0 Å². The average Bonchev–Trinajstić information content (AvgIpc) is 2.57. The van der Waals surface area contributed by atoms with E-state index in [9.17, 15) is 10.1 Å². The number of nitro groups is 1. The van der Waals surface area contributed by atoms with Crippen LogP contribution >= 0.6 is 0 Å². The first-order valence-corrected chi connectivity index (χ1v) is 7.15. The number of benzene rings is 2. The number of rotatable bonds is 4. The molecule has 0 saturated carbocycles. The smallest absolute Gasteiger partial charge is 0.270 e. The molecule has 1 aromatic heterocycles. The molecule has 1 heterocycles. The average molecular weight is 305 g/mol. The van der Waals surface area contributed by atoms with Gasteiger partial charge in [0.15, 0.2) is 0 Å². The molecule has 0 aliphatic heterocycles. The first-order chi connectivity index (χ1) is 11.1. The largest absolute Gasteiger partial charge is 0.398 e. The summed E-state index contributed by atoms with van der Waals surface area (Å²) in [5.41, 5.74) is 10.5. The maximum Gasteiger partial charge on any atom is 0.270 e. The van der Waals surface area contributed by atoms with Gasteiger partial charge in [0, 0.05) is 35.8 Å². The Morgan fingerprint density at radius 1 is 1.00 bits per heavy atom. The van der Waals surface area contributed by atoms with Gasteiger partial charge in [0.05, 0.1) is 4.92 Å². The standard InChI is InChI=1S/C18H15N3O2/c19-18-5-4-14(10-13-6-8-20-9-7-13)11-17(18)15-2-1-3-16(12-15)21(22)23/h1-9,11-12H,10,19H2. The minimum Gasteiger partial charge on any atom is -0.398 e. The lowest BCUT2D eigenvalue weighted by atomic mass is 9.98. The lowest BCUT2D eigenvalue weighted by Gasteiger charge is -2.09. The van der Waals surface area contributed by atoms with Crippen LogP contribution in [0, 0.1) is 10.1 Å². The van der Waals surface area contributed by atoms with Crippen molar-refractivity contribution in [3.05, 3.63) is 88.2 Å². The van der Waals surface area contributed by atoms with E-state index in [-0.39, 0.29) is 5.69 Å². The normalized spacial score (nSPS) is 10.4. The summed E-state index contributed by atoms with van der Waals surface area (Å²) in [6.45, 7) is 0. The Morgan fingerprint density at radius 2 is 1.78 bits per heavy atom. The third-order valence-corrected chi connectivity index (χ3v) is 3.64. The van der Waals surface area contributed by atoms with E-state index in [1.165, 1.54) is 6.07 Å². The summed E-state index contributed by atoms with van der Waals surface area (Å²) in [6.07, 6.45) is 4.27. The molecule has 0 saturated heterocycles. The number of non-ortho nitro benzene ring substituents is 1. The SMILES string of the molecule is Nc1ccc(Cc2ccncc2)cc1-c1cccc([N+](=O)[O-])c1. The molecule has 5 nitrogen and oxygen atoms in total. The van der Waals surface area contributed by atoms with Crippen molar-refractivity contribution in [1.82, 2.24) is 4.98 Å². The number of nitrogen functional groups attached to an aromatic ring is 1. The lowest BCUT2D eigenvalue weighted by Crippen LogP contribution is -1.95. The maximum atomic E-state index is 10.9. The van der Waals surface area contributed by atoms with E-state index in [0.717, 1.165) is 28.7 Å². The van der Waals surface area contributed by atoms with Gasteiger partial charge in [-0.2, -0.15) is 0 Å². The second kappa shape index (κ2) is 6.27. The number of nitro benzene ring substituents is 1. The second-order valence-electron chi connectivity index (χ2n) is 5.26. The van der Waals surface area contributed by atoms with Gasteiger partial charge in [0.25, 0.3) is 5.69 Å². The zero-order chi connectivity index (χ0) is 16.2. The van der Waals surface area contributed by atoms with Crippen molar-refractivity contribution in [2.75, 3.05) is 5.73 Å². The van der Waals surface area contributed by atoms with Crippen LogP contribution < -0.4 is 5.73 Å². The number of anilines is 1. The molecule has 0 amide bonds. The fourth-order valence-corrected chi connectivity index (χ4v) is 2.49.